The van der Waals surface area contributed by atoms with E-state index in [1.807, 2.05) is 91.0 Å². The second kappa shape index (κ2) is 17.5. The van der Waals surface area contributed by atoms with Gasteiger partial charge in [-0.1, -0.05) is 121 Å². The molecule has 5 atom stereocenters. The maximum atomic E-state index is 12.9. The molecule has 1 saturated heterocycles. The molecule has 276 valence electrons. The van der Waals surface area contributed by atoms with E-state index in [2.05, 4.69) is 4.74 Å². The first-order valence-corrected chi connectivity index (χ1v) is 17.3. The van der Waals surface area contributed by atoms with Crippen LogP contribution in [0.2, 0.25) is 5.02 Å². The predicted molar refractivity (Wildman–Crippen MR) is 192 cm³/mol. The number of benzene rings is 5. The number of halogens is 4. The Morgan fingerprint density at radius 3 is 1.74 bits per heavy atom. The van der Waals surface area contributed by atoms with Crippen LogP contribution in [0.15, 0.2) is 133 Å². The Bertz CT molecular complexity index is 1900. The Morgan fingerprint density at radius 1 is 0.698 bits per heavy atom. The fourth-order valence-electron chi connectivity index (χ4n) is 6.36. The van der Waals surface area contributed by atoms with Crippen molar-refractivity contribution in [2.75, 3.05) is 7.11 Å². The summed E-state index contributed by atoms with van der Waals surface area (Å²) in [6.07, 6.45) is -7.84. The predicted octanol–water partition coefficient (Wildman–Crippen LogP) is 8.98. The van der Waals surface area contributed by atoms with Gasteiger partial charge in [0.1, 0.15) is 30.2 Å². The lowest BCUT2D eigenvalue weighted by Crippen LogP contribution is -2.65. The number of aldehydes is 1. The molecule has 6 rings (SSSR count). The molecule has 0 N–H and O–H groups in total. The van der Waals surface area contributed by atoms with Gasteiger partial charge in [-0.25, -0.2) is 0 Å². The zero-order valence-corrected chi connectivity index (χ0v) is 29.5. The number of methoxy groups -OCH3 is 1. The van der Waals surface area contributed by atoms with E-state index in [-0.39, 0.29) is 32.0 Å². The number of carbonyl (C=O) groups is 1. The van der Waals surface area contributed by atoms with E-state index in [1.54, 1.807) is 18.2 Å². The van der Waals surface area contributed by atoms with Crippen molar-refractivity contribution in [3.05, 3.63) is 172 Å². The lowest BCUT2D eigenvalue weighted by Gasteiger charge is -2.51. The first-order chi connectivity index (χ1) is 25.7. The third-order valence-corrected chi connectivity index (χ3v) is 9.28. The van der Waals surface area contributed by atoms with Crippen molar-refractivity contribution in [2.45, 2.75) is 62.8 Å². The lowest BCUT2D eigenvalue weighted by atomic mass is 9.86. The first kappa shape index (κ1) is 38.2. The fourth-order valence-corrected chi connectivity index (χ4v) is 6.54. The van der Waals surface area contributed by atoms with Crippen LogP contribution >= 0.6 is 11.6 Å². The Morgan fingerprint density at radius 2 is 1.23 bits per heavy atom. The highest BCUT2D eigenvalue weighted by molar-refractivity contribution is 6.31. The summed E-state index contributed by atoms with van der Waals surface area (Å²) in [7, 11) is 1.47. The molecule has 0 aromatic heterocycles. The maximum absolute atomic E-state index is 12.9. The van der Waals surface area contributed by atoms with Crippen molar-refractivity contribution in [1.82, 2.24) is 0 Å². The molecule has 5 aromatic carbocycles. The van der Waals surface area contributed by atoms with Crippen molar-refractivity contribution in [3.8, 4) is 5.75 Å². The summed E-state index contributed by atoms with van der Waals surface area (Å²) >= 11 is 6.71. The van der Waals surface area contributed by atoms with E-state index >= 15 is 0 Å². The van der Waals surface area contributed by atoms with Gasteiger partial charge in [-0.15, -0.1) is 13.2 Å². The molecule has 0 bridgehead atoms. The molecular weight excluding hydrogens is 709 g/mol. The molecule has 7 nitrogen and oxygen atoms in total. The molecule has 2 unspecified atom stereocenters. The van der Waals surface area contributed by atoms with Gasteiger partial charge in [0.15, 0.2) is 6.29 Å². The van der Waals surface area contributed by atoms with Crippen LogP contribution in [0.5, 0.6) is 5.75 Å². The van der Waals surface area contributed by atoms with Crippen molar-refractivity contribution >= 4 is 17.9 Å². The Kier molecular flexibility index (Phi) is 12.6. The molecule has 1 heterocycles. The summed E-state index contributed by atoms with van der Waals surface area (Å²) in [6.45, 7) is 0.496. The molecule has 0 spiro atoms. The highest BCUT2D eigenvalue weighted by Gasteiger charge is 2.58. The van der Waals surface area contributed by atoms with Crippen LogP contribution in [0.25, 0.3) is 0 Å². The van der Waals surface area contributed by atoms with Gasteiger partial charge >= 0.3 is 6.36 Å². The molecule has 1 fully saturated rings. The van der Waals surface area contributed by atoms with Gasteiger partial charge in [0.25, 0.3) is 0 Å². The highest BCUT2D eigenvalue weighted by atomic mass is 35.5. The number of rotatable bonds is 15. The fraction of sp³-hybridized carbons (Fsp3) is 0.262. The molecule has 0 saturated carbocycles. The Hall–Kier alpha value is -4.55. The minimum atomic E-state index is -4.81. The number of alkyl halides is 3. The average Bonchev–Trinajstić information content (AvgIpc) is 3.17. The Labute approximate surface area is 311 Å². The quantitative estimate of drug-likeness (QED) is 0.0991. The van der Waals surface area contributed by atoms with Crippen LogP contribution < -0.4 is 4.74 Å². The second-order valence-electron chi connectivity index (χ2n) is 12.5. The third-order valence-electron chi connectivity index (χ3n) is 8.91. The zero-order valence-electron chi connectivity index (χ0n) is 28.8. The molecule has 0 radical (unpaired) electrons. The van der Waals surface area contributed by atoms with Gasteiger partial charge in [-0.05, 0) is 58.5 Å². The largest absolute Gasteiger partial charge is 0.573 e. The van der Waals surface area contributed by atoms with Crippen LogP contribution in [0.3, 0.4) is 0 Å². The zero-order chi connectivity index (χ0) is 37.3. The van der Waals surface area contributed by atoms with E-state index in [4.69, 9.17) is 35.3 Å². The van der Waals surface area contributed by atoms with E-state index < -0.39 is 36.6 Å². The van der Waals surface area contributed by atoms with E-state index in [0.717, 1.165) is 16.7 Å². The van der Waals surface area contributed by atoms with Crippen LogP contribution in [-0.4, -0.2) is 44.2 Å². The normalized spacial score (nSPS) is 21.6. The summed E-state index contributed by atoms with van der Waals surface area (Å²) in [5, 5.41) is 0.404. The highest BCUT2D eigenvalue weighted by Crippen LogP contribution is 2.44. The summed E-state index contributed by atoms with van der Waals surface area (Å²) in [6, 6.07) is 39.5. The molecule has 1 aliphatic rings. The van der Waals surface area contributed by atoms with Crippen LogP contribution in [0, 0.1) is 0 Å². The number of hydrogen-bond donors (Lipinski definition) is 0. The monoisotopic (exact) mass is 746 g/mol. The maximum Gasteiger partial charge on any atom is 0.573 e. The summed E-state index contributed by atoms with van der Waals surface area (Å²) < 4.78 is 75.2. The minimum Gasteiger partial charge on any atom is -0.406 e. The smallest absolute Gasteiger partial charge is 0.406 e. The molecule has 11 heteroatoms. The second-order valence-corrected chi connectivity index (χ2v) is 12.9. The van der Waals surface area contributed by atoms with Crippen molar-refractivity contribution < 1.29 is 46.4 Å². The van der Waals surface area contributed by atoms with Crippen LogP contribution in [0.4, 0.5) is 13.2 Å². The average molecular weight is 747 g/mol. The molecule has 5 aromatic rings. The van der Waals surface area contributed by atoms with Crippen LogP contribution in [-0.2, 0) is 60.5 Å². The first-order valence-electron chi connectivity index (χ1n) is 17.0. The van der Waals surface area contributed by atoms with E-state index in [1.165, 1.54) is 31.4 Å². The van der Waals surface area contributed by atoms with Crippen molar-refractivity contribution in [2.24, 2.45) is 0 Å². The van der Waals surface area contributed by atoms with E-state index in [9.17, 15) is 18.0 Å². The van der Waals surface area contributed by atoms with Gasteiger partial charge in [0, 0.05) is 17.7 Å². The Balaban J connectivity index is 1.39. The van der Waals surface area contributed by atoms with Crippen molar-refractivity contribution in [3.63, 3.8) is 0 Å². The minimum absolute atomic E-state index is 0.148. The summed E-state index contributed by atoms with van der Waals surface area (Å²) in [5.41, 5.74) is 4.46. The summed E-state index contributed by atoms with van der Waals surface area (Å²) in [5.74, 6) is -2.04. The molecule has 1 aliphatic heterocycles. The van der Waals surface area contributed by atoms with Gasteiger partial charge in [-0.2, -0.15) is 0 Å². The lowest BCUT2D eigenvalue weighted by molar-refractivity contribution is -0.373. The van der Waals surface area contributed by atoms with Gasteiger partial charge in [0.05, 0.1) is 19.8 Å². The number of carbonyl (C=O) groups excluding carboxylic acids is 1. The number of ether oxygens (including phenoxy) is 6. The van der Waals surface area contributed by atoms with Crippen LogP contribution in [0.1, 0.15) is 33.4 Å². The molecular formula is C42H38ClF3O7. The third kappa shape index (κ3) is 9.71. The van der Waals surface area contributed by atoms with E-state index in [0.29, 0.717) is 28.0 Å². The molecule has 0 aliphatic carbocycles. The number of hydrogen-bond acceptors (Lipinski definition) is 7. The molecule has 0 amide bonds. The van der Waals surface area contributed by atoms with Crippen molar-refractivity contribution in [1.29, 1.82) is 0 Å². The van der Waals surface area contributed by atoms with Gasteiger partial charge < -0.3 is 33.2 Å². The summed E-state index contributed by atoms with van der Waals surface area (Å²) in [4.78, 5) is 12.9. The SMILES string of the molecule is CO[C@@]1(c2ccc(Cl)c(Cc3ccc(OC(F)(F)F)cc3)c2)OC(C=O)[C@@H](OCc2ccccc2)C(OCc2ccccc2)[C@H]1OCc1ccccc1. The topological polar surface area (TPSA) is 72.5 Å². The standard InChI is InChI=1S/C42H38ClF3O7/c1-48-41(34-19-22-36(43)33(24-34)23-29-17-20-35(21-18-29)52-42(44,45)46)40(51-28-32-15-9-4-10-16-32)39(50-27-31-13-7-3-8-14-31)38(37(25-47)53-41)49-26-30-11-5-2-6-12-30/h2-22,24-25,37-40H,23,26-28H2,1H3/t37?,38-,39?,40-,41+/m1/s1. The molecule has 53 heavy (non-hydrogen) atoms. The van der Waals surface area contributed by atoms with Gasteiger partial charge in [-0.3, -0.25) is 0 Å². The van der Waals surface area contributed by atoms with Gasteiger partial charge in [0.2, 0.25) is 5.79 Å².